The molecule has 96 valence electrons. The fourth-order valence-corrected chi connectivity index (χ4v) is 1.86. The summed E-state index contributed by atoms with van der Waals surface area (Å²) < 4.78 is 14.7. The maximum Gasteiger partial charge on any atom is 0.341 e. The van der Waals surface area contributed by atoms with Crippen LogP contribution in [0.1, 0.15) is 10.4 Å². The highest BCUT2D eigenvalue weighted by atomic mass is 35.5. The molecule has 0 aliphatic rings. The molecule has 6 heteroatoms. The van der Waals surface area contributed by atoms with Crippen LogP contribution in [0.3, 0.4) is 0 Å². The second-order valence-electron chi connectivity index (χ2n) is 3.70. The highest BCUT2D eigenvalue weighted by molar-refractivity contribution is 6.31. The molecule has 19 heavy (non-hydrogen) atoms. The Morgan fingerprint density at radius 1 is 1.53 bits per heavy atom. The lowest BCUT2D eigenvalue weighted by Gasteiger charge is -2.08. The van der Waals surface area contributed by atoms with Gasteiger partial charge in [-0.15, -0.1) is 5.73 Å². The van der Waals surface area contributed by atoms with Crippen molar-refractivity contribution >= 4 is 34.7 Å². The largest absolute Gasteiger partial charge is 0.477 e. The van der Waals surface area contributed by atoms with E-state index in [0.717, 1.165) is 12.3 Å². The number of benzene rings is 1. The molecule has 0 radical (unpaired) electrons. The standard InChI is InChI=1S/C13H7ClFNO3/c1-2-3-16-6-8(13(18)19)12(17)7-4-10(15)9(14)5-11(7)16/h3-6H,1H2,(H,18,19). The Bertz CT molecular complexity index is 804. The maximum absolute atomic E-state index is 13.4. The molecule has 0 aliphatic carbocycles. The zero-order chi connectivity index (χ0) is 14.2. The number of carboxylic acids is 1. The number of nitrogens with zero attached hydrogens (tertiary/aromatic N) is 1. The average molecular weight is 280 g/mol. The van der Waals surface area contributed by atoms with Crippen LogP contribution >= 0.6 is 11.6 Å². The van der Waals surface area contributed by atoms with E-state index in [-0.39, 0.29) is 15.9 Å². The Morgan fingerprint density at radius 2 is 2.21 bits per heavy atom. The molecular weight excluding hydrogens is 273 g/mol. The monoisotopic (exact) mass is 279 g/mol. The summed E-state index contributed by atoms with van der Waals surface area (Å²) >= 11 is 5.66. The van der Waals surface area contributed by atoms with Crippen molar-refractivity contribution in [2.75, 3.05) is 0 Å². The lowest BCUT2D eigenvalue weighted by molar-refractivity contribution is 0.0695. The molecule has 1 heterocycles. The van der Waals surface area contributed by atoms with Gasteiger partial charge < -0.3 is 9.67 Å². The van der Waals surface area contributed by atoms with Crippen molar-refractivity contribution in [2.45, 2.75) is 0 Å². The second kappa shape index (κ2) is 4.72. The molecule has 0 atom stereocenters. The van der Waals surface area contributed by atoms with Crippen LogP contribution in [-0.4, -0.2) is 15.6 Å². The lowest BCUT2D eigenvalue weighted by Crippen LogP contribution is -2.17. The Labute approximate surface area is 111 Å². The van der Waals surface area contributed by atoms with Gasteiger partial charge in [-0.25, -0.2) is 9.18 Å². The Hall–Kier alpha value is -2.36. The first-order valence-electron chi connectivity index (χ1n) is 5.09. The van der Waals surface area contributed by atoms with Crippen LogP contribution < -0.4 is 5.43 Å². The van der Waals surface area contributed by atoms with Gasteiger partial charge in [0.15, 0.2) is 0 Å². The zero-order valence-electron chi connectivity index (χ0n) is 9.48. The van der Waals surface area contributed by atoms with E-state index in [1.807, 2.05) is 0 Å². The summed E-state index contributed by atoms with van der Waals surface area (Å²) in [7, 11) is 0. The number of aromatic carboxylic acids is 1. The molecule has 0 saturated heterocycles. The van der Waals surface area contributed by atoms with Crippen LogP contribution in [0.2, 0.25) is 5.02 Å². The van der Waals surface area contributed by atoms with E-state index in [1.54, 1.807) is 0 Å². The minimum atomic E-state index is -1.39. The van der Waals surface area contributed by atoms with Crippen LogP contribution in [0.4, 0.5) is 4.39 Å². The van der Waals surface area contributed by atoms with Gasteiger partial charge in [0.1, 0.15) is 11.4 Å². The Balaban J connectivity index is 3.05. The zero-order valence-corrected chi connectivity index (χ0v) is 10.2. The molecule has 0 saturated carbocycles. The molecular formula is C13H7ClFNO3. The van der Waals surface area contributed by atoms with Crippen molar-refractivity contribution in [3.8, 4) is 0 Å². The summed E-state index contributed by atoms with van der Waals surface area (Å²) in [6, 6.07) is 2.16. The lowest BCUT2D eigenvalue weighted by atomic mass is 10.1. The molecule has 1 N–H and O–H groups in total. The summed E-state index contributed by atoms with van der Waals surface area (Å²) in [5, 5.41) is 8.72. The molecule has 2 aromatic rings. The van der Waals surface area contributed by atoms with Gasteiger partial charge in [0, 0.05) is 11.6 Å². The van der Waals surface area contributed by atoms with Crippen molar-refractivity contribution in [3.63, 3.8) is 0 Å². The number of carboxylic acid groups (broad SMARTS) is 1. The van der Waals surface area contributed by atoms with E-state index in [2.05, 4.69) is 12.3 Å². The molecule has 1 aromatic heterocycles. The van der Waals surface area contributed by atoms with Crippen LogP contribution in [0.25, 0.3) is 17.1 Å². The van der Waals surface area contributed by atoms with Gasteiger partial charge in [0.25, 0.3) is 0 Å². The molecule has 0 unspecified atom stereocenters. The highest BCUT2D eigenvalue weighted by Crippen LogP contribution is 2.21. The smallest absolute Gasteiger partial charge is 0.341 e. The van der Waals surface area contributed by atoms with Crippen molar-refractivity contribution in [1.82, 2.24) is 4.57 Å². The van der Waals surface area contributed by atoms with Gasteiger partial charge in [0.05, 0.1) is 16.7 Å². The molecule has 0 bridgehead atoms. The number of hydrogen-bond donors (Lipinski definition) is 1. The number of hydrogen-bond acceptors (Lipinski definition) is 2. The van der Waals surface area contributed by atoms with Gasteiger partial charge in [-0.1, -0.05) is 18.2 Å². The van der Waals surface area contributed by atoms with Crippen molar-refractivity contribution in [2.24, 2.45) is 0 Å². The first kappa shape index (κ1) is 13.1. The predicted octanol–water partition coefficient (Wildman–Crippen LogP) is 2.75. The predicted molar refractivity (Wildman–Crippen MR) is 70.0 cm³/mol. The molecule has 2 rings (SSSR count). The normalized spacial score (nSPS) is 10.2. The minimum absolute atomic E-state index is 0.0756. The molecule has 0 aliphatic heterocycles. The number of pyridine rings is 1. The topological polar surface area (TPSA) is 59.3 Å². The molecule has 4 nitrogen and oxygen atoms in total. The van der Waals surface area contributed by atoms with Gasteiger partial charge in [-0.2, -0.15) is 0 Å². The van der Waals surface area contributed by atoms with Gasteiger partial charge in [0.2, 0.25) is 5.43 Å². The van der Waals surface area contributed by atoms with Crippen LogP contribution in [-0.2, 0) is 0 Å². The fourth-order valence-electron chi connectivity index (χ4n) is 1.70. The van der Waals surface area contributed by atoms with E-state index < -0.39 is 22.8 Å². The van der Waals surface area contributed by atoms with Crippen molar-refractivity contribution < 1.29 is 14.3 Å². The van der Waals surface area contributed by atoms with Gasteiger partial charge in [-0.3, -0.25) is 4.79 Å². The summed E-state index contributed by atoms with van der Waals surface area (Å²) in [6.45, 7) is 3.37. The number of halogens is 2. The average Bonchev–Trinajstić information content (AvgIpc) is 2.35. The van der Waals surface area contributed by atoms with Crippen LogP contribution in [0, 0.1) is 5.82 Å². The van der Waals surface area contributed by atoms with E-state index in [4.69, 9.17) is 16.7 Å². The fraction of sp³-hybridized carbons (Fsp3) is 0. The first-order valence-corrected chi connectivity index (χ1v) is 5.46. The van der Waals surface area contributed by atoms with Crippen LogP contribution in [0.15, 0.2) is 35.4 Å². The quantitative estimate of drug-likeness (QED) is 0.860. The van der Waals surface area contributed by atoms with Crippen LogP contribution in [0.5, 0.6) is 0 Å². The third-order valence-corrected chi connectivity index (χ3v) is 2.82. The number of aromatic nitrogens is 1. The number of rotatable bonds is 2. The SMILES string of the molecule is C=C=Cn1cc(C(=O)O)c(=O)c2cc(F)c(Cl)cc21. The highest BCUT2D eigenvalue weighted by Gasteiger charge is 2.15. The van der Waals surface area contributed by atoms with E-state index in [1.165, 1.54) is 16.8 Å². The summed E-state index contributed by atoms with van der Waals surface area (Å²) in [4.78, 5) is 22.9. The molecule has 0 spiro atoms. The van der Waals surface area contributed by atoms with Crippen molar-refractivity contribution in [3.05, 3.63) is 57.3 Å². The van der Waals surface area contributed by atoms with E-state index >= 15 is 0 Å². The summed E-state index contributed by atoms with van der Waals surface area (Å²) in [5.74, 6) is -2.18. The van der Waals surface area contributed by atoms with Crippen molar-refractivity contribution in [1.29, 1.82) is 0 Å². The summed E-state index contributed by atoms with van der Waals surface area (Å²) in [5.41, 5.74) is 1.48. The molecule has 1 aromatic carbocycles. The number of fused-ring (bicyclic) bond motifs is 1. The number of carbonyl (C=O) groups is 1. The first-order chi connectivity index (χ1) is 8.95. The van der Waals surface area contributed by atoms with Gasteiger partial charge in [-0.05, 0) is 12.1 Å². The summed E-state index contributed by atoms with van der Waals surface area (Å²) in [6.07, 6.45) is 2.43. The van der Waals surface area contributed by atoms with E-state index in [0.29, 0.717) is 0 Å². The Morgan fingerprint density at radius 3 is 2.79 bits per heavy atom. The Kier molecular flexibility index (Phi) is 3.25. The van der Waals surface area contributed by atoms with E-state index in [9.17, 15) is 14.0 Å². The third-order valence-electron chi connectivity index (χ3n) is 2.53. The third kappa shape index (κ3) is 2.17. The molecule has 0 amide bonds. The van der Waals surface area contributed by atoms with Gasteiger partial charge >= 0.3 is 5.97 Å². The minimum Gasteiger partial charge on any atom is -0.477 e. The maximum atomic E-state index is 13.4. The molecule has 0 fully saturated rings. The second-order valence-corrected chi connectivity index (χ2v) is 4.11.